The van der Waals surface area contributed by atoms with Crippen molar-refractivity contribution in [3.05, 3.63) is 64.5 Å². The van der Waals surface area contributed by atoms with Crippen LogP contribution >= 0.6 is 0 Å². The molecule has 0 saturated heterocycles. The number of nitrogens with one attached hydrogen (secondary N) is 1. The van der Waals surface area contributed by atoms with E-state index in [0.29, 0.717) is 23.7 Å². The van der Waals surface area contributed by atoms with Crippen molar-refractivity contribution in [3.8, 4) is 0 Å². The number of benzene rings is 2. The molecule has 0 bridgehead atoms. The van der Waals surface area contributed by atoms with Crippen LogP contribution in [0.2, 0.25) is 0 Å². The number of aryl methyl sites for hydroxylation is 1. The Kier molecular flexibility index (Phi) is 4.62. The molecule has 2 aromatic carbocycles. The first-order valence-corrected chi connectivity index (χ1v) is 7.86. The van der Waals surface area contributed by atoms with E-state index in [9.17, 15) is 30.7 Å². The van der Waals surface area contributed by atoms with Gasteiger partial charge in [-0.25, -0.2) is 4.39 Å². The molecule has 0 aromatic heterocycles. The van der Waals surface area contributed by atoms with Crippen LogP contribution in [-0.2, 0) is 18.8 Å². The predicted octanol–water partition coefficient (Wildman–Crippen LogP) is 6.01. The van der Waals surface area contributed by atoms with Crippen LogP contribution in [0, 0.1) is 5.82 Å². The fourth-order valence-corrected chi connectivity index (χ4v) is 3.21. The minimum atomic E-state index is -4.90. The quantitative estimate of drug-likeness (QED) is 0.601. The van der Waals surface area contributed by atoms with Crippen LogP contribution in [0.25, 0.3) is 0 Å². The lowest BCUT2D eigenvalue weighted by atomic mass is 9.88. The number of hydrogen-bond donors (Lipinski definition) is 1. The second kappa shape index (κ2) is 6.48. The van der Waals surface area contributed by atoms with E-state index in [0.717, 1.165) is 6.07 Å². The molecular weight excluding hydrogens is 363 g/mol. The average molecular weight is 377 g/mol. The highest BCUT2D eigenvalue weighted by atomic mass is 19.4. The lowest BCUT2D eigenvalue weighted by molar-refractivity contribution is -0.143. The van der Waals surface area contributed by atoms with Gasteiger partial charge in [0.2, 0.25) is 0 Å². The second-order valence-electron chi connectivity index (χ2n) is 6.22. The summed E-state index contributed by atoms with van der Waals surface area (Å²) in [5.74, 6) is -1.10. The van der Waals surface area contributed by atoms with Gasteiger partial charge in [-0.15, -0.1) is 0 Å². The summed E-state index contributed by atoms with van der Waals surface area (Å²) in [5.41, 5.74) is -1.55. The van der Waals surface area contributed by atoms with Crippen LogP contribution in [0.4, 0.5) is 36.4 Å². The van der Waals surface area contributed by atoms with Gasteiger partial charge in [0.25, 0.3) is 0 Å². The van der Waals surface area contributed by atoms with Crippen LogP contribution in [0.15, 0.2) is 36.4 Å². The Morgan fingerprint density at radius 1 is 0.885 bits per heavy atom. The molecule has 1 nitrogen and oxygen atoms in total. The minimum absolute atomic E-state index is 0.118. The van der Waals surface area contributed by atoms with Gasteiger partial charge in [0.1, 0.15) is 5.82 Å². The summed E-state index contributed by atoms with van der Waals surface area (Å²) >= 11 is 0. The Bertz CT molecular complexity index is 808. The molecule has 0 spiro atoms. The Balaban J connectivity index is 1.96. The number of halogens is 7. The lowest BCUT2D eigenvalue weighted by Crippen LogP contribution is -2.18. The van der Waals surface area contributed by atoms with Gasteiger partial charge in [-0.2, -0.15) is 26.3 Å². The van der Waals surface area contributed by atoms with Crippen molar-refractivity contribution >= 4 is 5.69 Å². The molecule has 0 fully saturated rings. The third-order valence-corrected chi connectivity index (χ3v) is 4.49. The number of alkyl halides is 6. The van der Waals surface area contributed by atoms with E-state index in [1.54, 1.807) is 0 Å². The van der Waals surface area contributed by atoms with Gasteiger partial charge in [-0.3, -0.25) is 0 Å². The van der Waals surface area contributed by atoms with Crippen LogP contribution in [0.5, 0.6) is 0 Å². The number of rotatable bonds is 1. The average Bonchev–Trinajstić information content (AvgIpc) is 2.74. The smallest absolute Gasteiger partial charge is 0.384 e. The zero-order valence-electron chi connectivity index (χ0n) is 13.3. The summed E-state index contributed by atoms with van der Waals surface area (Å²) < 4.78 is 91.8. The van der Waals surface area contributed by atoms with E-state index in [1.165, 1.54) is 18.2 Å². The van der Waals surface area contributed by atoms with Gasteiger partial charge >= 0.3 is 12.4 Å². The molecule has 2 aromatic rings. The highest BCUT2D eigenvalue weighted by Crippen LogP contribution is 2.41. The van der Waals surface area contributed by atoms with Crippen molar-refractivity contribution in [3.63, 3.8) is 0 Å². The Hall–Kier alpha value is -2.25. The molecule has 1 aliphatic heterocycles. The second-order valence-corrected chi connectivity index (χ2v) is 6.22. The monoisotopic (exact) mass is 377 g/mol. The van der Waals surface area contributed by atoms with Crippen molar-refractivity contribution in [2.75, 3.05) is 11.9 Å². The van der Waals surface area contributed by atoms with Crippen molar-refractivity contribution < 1.29 is 30.7 Å². The summed E-state index contributed by atoms with van der Waals surface area (Å²) in [6.07, 6.45) is -9.17. The van der Waals surface area contributed by atoms with Gasteiger partial charge in [-0.05, 0) is 54.3 Å². The van der Waals surface area contributed by atoms with E-state index < -0.39 is 35.2 Å². The normalized spacial score (nSPS) is 18.0. The van der Waals surface area contributed by atoms with Crippen LogP contribution in [0.3, 0.4) is 0 Å². The van der Waals surface area contributed by atoms with Crippen LogP contribution < -0.4 is 5.32 Å². The summed E-state index contributed by atoms with van der Waals surface area (Å²) in [5, 5.41) is 2.97. The molecule has 3 rings (SSSR count). The molecule has 8 heteroatoms. The molecule has 1 heterocycles. The van der Waals surface area contributed by atoms with E-state index >= 15 is 0 Å². The van der Waals surface area contributed by atoms with Crippen molar-refractivity contribution in [2.24, 2.45) is 0 Å². The summed E-state index contributed by atoms with van der Waals surface area (Å²) in [6, 6.07) is 5.78. The maximum absolute atomic E-state index is 13.4. The topological polar surface area (TPSA) is 12.0 Å². The Labute approximate surface area is 144 Å². The molecule has 140 valence electrons. The molecule has 0 amide bonds. The maximum Gasteiger partial charge on any atom is 0.416 e. The molecule has 0 radical (unpaired) electrons. The molecule has 1 aliphatic rings. The zero-order chi connectivity index (χ0) is 19.1. The molecule has 1 N–H and O–H groups in total. The van der Waals surface area contributed by atoms with Gasteiger partial charge in [0, 0.05) is 18.2 Å². The first-order chi connectivity index (χ1) is 12.1. The van der Waals surface area contributed by atoms with E-state index in [2.05, 4.69) is 5.32 Å². The van der Waals surface area contributed by atoms with E-state index in [4.69, 9.17) is 0 Å². The fraction of sp³-hybridized carbons (Fsp3) is 0.333. The van der Waals surface area contributed by atoms with Crippen LogP contribution in [0.1, 0.15) is 34.6 Å². The SMILES string of the molecule is Fc1ccc2c(c1)CCC(c1ccc(C(F)(F)F)cc1C(F)(F)F)CN2. The third kappa shape index (κ3) is 3.78. The highest BCUT2D eigenvalue weighted by molar-refractivity contribution is 5.53. The molecular formula is C18H14F7N. The van der Waals surface area contributed by atoms with Gasteiger partial charge < -0.3 is 5.32 Å². The Morgan fingerprint density at radius 3 is 2.27 bits per heavy atom. The van der Waals surface area contributed by atoms with Gasteiger partial charge in [0.05, 0.1) is 11.1 Å². The van der Waals surface area contributed by atoms with Crippen molar-refractivity contribution in [1.29, 1.82) is 0 Å². The minimum Gasteiger partial charge on any atom is -0.384 e. The number of hydrogen-bond acceptors (Lipinski definition) is 1. The maximum atomic E-state index is 13.4. The van der Waals surface area contributed by atoms with E-state index in [-0.39, 0.29) is 24.6 Å². The summed E-state index contributed by atoms with van der Waals surface area (Å²) in [7, 11) is 0. The van der Waals surface area contributed by atoms with Gasteiger partial charge in [-0.1, -0.05) is 6.07 Å². The largest absolute Gasteiger partial charge is 0.416 e. The zero-order valence-corrected chi connectivity index (χ0v) is 13.3. The summed E-state index contributed by atoms with van der Waals surface area (Å²) in [6.45, 7) is 0.118. The van der Waals surface area contributed by atoms with Crippen LogP contribution in [-0.4, -0.2) is 6.54 Å². The molecule has 26 heavy (non-hydrogen) atoms. The number of anilines is 1. The van der Waals surface area contributed by atoms with Crippen molar-refractivity contribution in [1.82, 2.24) is 0 Å². The molecule has 1 unspecified atom stereocenters. The highest BCUT2D eigenvalue weighted by Gasteiger charge is 2.39. The molecule has 0 aliphatic carbocycles. The summed E-state index contributed by atoms with van der Waals surface area (Å²) in [4.78, 5) is 0. The first kappa shape index (κ1) is 18.5. The molecule has 1 atom stereocenters. The lowest BCUT2D eigenvalue weighted by Gasteiger charge is -2.22. The standard InChI is InChI=1S/C18H14F7N/c19-13-4-6-16-10(7-13)1-2-11(9-26-16)14-5-3-12(17(20,21)22)8-15(14)18(23,24)25/h3-8,11,26H,1-2,9H2. The van der Waals surface area contributed by atoms with Crippen molar-refractivity contribution in [2.45, 2.75) is 31.1 Å². The fourth-order valence-electron chi connectivity index (χ4n) is 3.21. The predicted molar refractivity (Wildman–Crippen MR) is 82.4 cm³/mol. The van der Waals surface area contributed by atoms with Gasteiger partial charge in [0.15, 0.2) is 0 Å². The molecule has 0 saturated carbocycles. The Morgan fingerprint density at radius 2 is 1.62 bits per heavy atom. The van der Waals surface area contributed by atoms with E-state index in [1.807, 2.05) is 0 Å². The third-order valence-electron chi connectivity index (χ3n) is 4.49. The number of fused-ring (bicyclic) bond motifs is 1. The first-order valence-electron chi connectivity index (χ1n) is 7.86.